The van der Waals surface area contributed by atoms with Gasteiger partial charge in [-0.2, -0.15) is 0 Å². The van der Waals surface area contributed by atoms with E-state index >= 15 is 0 Å². The van der Waals surface area contributed by atoms with E-state index in [0.29, 0.717) is 18.7 Å². The Morgan fingerprint density at radius 2 is 1.82 bits per heavy atom. The first kappa shape index (κ1) is 16.5. The monoisotopic (exact) mass is 304 g/mol. The summed E-state index contributed by atoms with van der Waals surface area (Å²) in [6.45, 7) is 4.93. The van der Waals surface area contributed by atoms with Crippen molar-refractivity contribution in [2.75, 3.05) is 13.2 Å². The average molecular weight is 304 g/mol. The molecule has 1 saturated carbocycles. The molecule has 0 aromatic carbocycles. The summed E-state index contributed by atoms with van der Waals surface area (Å²) in [4.78, 5) is 30.3. The number of carbonyl (C=O) groups excluding carboxylic acids is 2. The lowest BCUT2D eigenvalue weighted by Gasteiger charge is -2.35. The maximum absolute atomic E-state index is 12.6. The number of rotatable bonds is 5. The molecule has 1 heterocycles. The molecule has 0 N–H and O–H groups in total. The number of esters is 1. The van der Waals surface area contributed by atoms with Gasteiger partial charge in [0.2, 0.25) is 0 Å². The second kappa shape index (κ2) is 7.92. The van der Waals surface area contributed by atoms with E-state index in [-0.39, 0.29) is 23.8 Å². The maximum Gasteiger partial charge on any atom is 0.308 e. The summed E-state index contributed by atoms with van der Waals surface area (Å²) in [7, 11) is 0. The van der Waals surface area contributed by atoms with Crippen LogP contribution in [0.3, 0.4) is 0 Å². The Hall–Kier alpha value is -1.91. The minimum atomic E-state index is -0.0931. The smallest absolute Gasteiger partial charge is 0.308 e. The lowest BCUT2D eigenvalue weighted by molar-refractivity contribution is -0.149. The van der Waals surface area contributed by atoms with Crippen LogP contribution in [0.2, 0.25) is 0 Å². The van der Waals surface area contributed by atoms with Crippen molar-refractivity contribution >= 4 is 11.9 Å². The Kier molecular flexibility index (Phi) is 5.92. The third-order valence-electron chi connectivity index (χ3n) is 4.29. The summed E-state index contributed by atoms with van der Waals surface area (Å²) >= 11 is 0. The van der Waals surface area contributed by atoms with E-state index in [1.807, 2.05) is 18.7 Å². The SMILES string of the molecule is CCOC(=O)C1CCC(N(CC)C(=O)c2ccncc2)CC1. The Morgan fingerprint density at radius 1 is 1.18 bits per heavy atom. The van der Waals surface area contributed by atoms with Crippen LogP contribution < -0.4 is 0 Å². The zero-order valence-electron chi connectivity index (χ0n) is 13.3. The predicted octanol–water partition coefficient (Wildman–Crippen LogP) is 2.67. The highest BCUT2D eigenvalue weighted by Gasteiger charge is 2.31. The first-order chi connectivity index (χ1) is 10.7. The predicted molar refractivity (Wildman–Crippen MR) is 83.3 cm³/mol. The number of hydrogen-bond acceptors (Lipinski definition) is 4. The van der Waals surface area contributed by atoms with Gasteiger partial charge in [-0.25, -0.2) is 0 Å². The summed E-state index contributed by atoms with van der Waals surface area (Å²) < 4.78 is 5.09. The summed E-state index contributed by atoms with van der Waals surface area (Å²) in [6, 6.07) is 3.70. The highest BCUT2D eigenvalue weighted by atomic mass is 16.5. The van der Waals surface area contributed by atoms with Crippen molar-refractivity contribution in [2.24, 2.45) is 5.92 Å². The Labute approximate surface area is 131 Å². The van der Waals surface area contributed by atoms with Gasteiger partial charge in [-0.15, -0.1) is 0 Å². The molecule has 0 atom stereocenters. The third-order valence-corrected chi connectivity index (χ3v) is 4.29. The fraction of sp³-hybridized carbons (Fsp3) is 0.588. The number of hydrogen-bond donors (Lipinski definition) is 0. The zero-order valence-corrected chi connectivity index (χ0v) is 13.3. The van der Waals surface area contributed by atoms with Crippen LogP contribution >= 0.6 is 0 Å². The first-order valence-corrected chi connectivity index (χ1v) is 8.05. The van der Waals surface area contributed by atoms with Crippen molar-refractivity contribution in [2.45, 2.75) is 45.6 Å². The van der Waals surface area contributed by atoms with Crippen molar-refractivity contribution in [3.8, 4) is 0 Å². The number of ether oxygens (including phenoxy) is 1. The minimum Gasteiger partial charge on any atom is -0.466 e. The van der Waals surface area contributed by atoms with Gasteiger partial charge in [0.05, 0.1) is 12.5 Å². The molecule has 0 unspecified atom stereocenters. The zero-order chi connectivity index (χ0) is 15.9. The Morgan fingerprint density at radius 3 is 2.36 bits per heavy atom. The molecule has 120 valence electrons. The molecule has 1 amide bonds. The standard InChI is InChI=1S/C17H24N2O3/c1-3-19(16(20)13-9-11-18-12-10-13)15-7-5-14(6-8-15)17(21)22-4-2/h9-12,14-15H,3-8H2,1-2H3. The molecule has 1 aliphatic carbocycles. The molecule has 1 fully saturated rings. The second-order valence-corrected chi connectivity index (χ2v) is 5.58. The topological polar surface area (TPSA) is 59.5 Å². The van der Waals surface area contributed by atoms with Crippen LogP contribution in [0.5, 0.6) is 0 Å². The van der Waals surface area contributed by atoms with Crippen LogP contribution in [0.4, 0.5) is 0 Å². The van der Waals surface area contributed by atoms with E-state index in [1.165, 1.54) is 0 Å². The average Bonchev–Trinajstić information content (AvgIpc) is 2.57. The van der Waals surface area contributed by atoms with Gasteiger partial charge in [-0.3, -0.25) is 14.6 Å². The van der Waals surface area contributed by atoms with Gasteiger partial charge in [0, 0.05) is 30.5 Å². The van der Waals surface area contributed by atoms with Crippen molar-refractivity contribution in [1.82, 2.24) is 9.88 Å². The molecule has 1 aromatic heterocycles. The van der Waals surface area contributed by atoms with Crippen LogP contribution in [-0.2, 0) is 9.53 Å². The van der Waals surface area contributed by atoms with Crippen LogP contribution in [0, 0.1) is 5.92 Å². The van der Waals surface area contributed by atoms with Gasteiger partial charge in [0.25, 0.3) is 5.91 Å². The molecule has 1 aromatic rings. The normalized spacial score (nSPS) is 21.2. The third kappa shape index (κ3) is 3.84. The summed E-state index contributed by atoms with van der Waals surface area (Å²) in [5.41, 5.74) is 0.671. The van der Waals surface area contributed by atoms with Crippen molar-refractivity contribution in [1.29, 1.82) is 0 Å². The van der Waals surface area contributed by atoms with Crippen molar-refractivity contribution in [3.05, 3.63) is 30.1 Å². The van der Waals surface area contributed by atoms with Gasteiger partial charge in [0.15, 0.2) is 0 Å². The van der Waals surface area contributed by atoms with E-state index in [1.54, 1.807) is 24.5 Å². The molecular formula is C17H24N2O3. The molecule has 1 aliphatic rings. The summed E-state index contributed by atoms with van der Waals surface area (Å²) in [5, 5.41) is 0. The Balaban J connectivity index is 1.96. The number of pyridine rings is 1. The fourth-order valence-corrected chi connectivity index (χ4v) is 3.11. The lowest BCUT2D eigenvalue weighted by Crippen LogP contribution is -2.43. The van der Waals surface area contributed by atoms with Crippen LogP contribution in [0.15, 0.2) is 24.5 Å². The highest BCUT2D eigenvalue weighted by molar-refractivity contribution is 5.94. The number of nitrogens with zero attached hydrogens (tertiary/aromatic N) is 2. The van der Waals surface area contributed by atoms with Gasteiger partial charge in [0.1, 0.15) is 0 Å². The molecule has 22 heavy (non-hydrogen) atoms. The van der Waals surface area contributed by atoms with Crippen LogP contribution in [-0.4, -0.2) is 41.0 Å². The fourth-order valence-electron chi connectivity index (χ4n) is 3.11. The van der Waals surface area contributed by atoms with Gasteiger partial charge < -0.3 is 9.64 Å². The van der Waals surface area contributed by atoms with E-state index in [2.05, 4.69) is 4.98 Å². The van der Waals surface area contributed by atoms with Crippen LogP contribution in [0.1, 0.15) is 49.9 Å². The van der Waals surface area contributed by atoms with E-state index in [4.69, 9.17) is 4.74 Å². The van der Waals surface area contributed by atoms with Crippen molar-refractivity contribution in [3.63, 3.8) is 0 Å². The molecule has 0 bridgehead atoms. The largest absolute Gasteiger partial charge is 0.466 e. The first-order valence-electron chi connectivity index (χ1n) is 8.05. The second-order valence-electron chi connectivity index (χ2n) is 5.58. The molecule has 5 heteroatoms. The number of amides is 1. The van der Waals surface area contributed by atoms with Gasteiger partial charge in [-0.05, 0) is 51.7 Å². The van der Waals surface area contributed by atoms with Gasteiger partial charge in [-0.1, -0.05) is 0 Å². The molecule has 0 aliphatic heterocycles. The summed E-state index contributed by atoms with van der Waals surface area (Å²) in [5.74, 6) is -0.0557. The van der Waals surface area contributed by atoms with Crippen molar-refractivity contribution < 1.29 is 14.3 Å². The summed E-state index contributed by atoms with van der Waals surface area (Å²) in [6.07, 6.45) is 6.58. The Bertz CT molecular complexity index is 496. The molecule has 0 spiro atoms. The molecular weight excluding hydrogens is 280 g/mol. The lowest BCUT2D eigenvalue weighted by atomic mass is 9.85. The molecule has 2 rings (SSSR count). The van der Waals surface area contributed by atoms with Crippen LogP contribution in [0.25, 0.3) is 0 Å². The number of carbonyl (C=O) groups is 2. The number of aromatic nitrogens is 1. The van der Waals surface area contributed by atoms with E-state index in [0.717, 1.165) is 25.7 Å². The van der Waals surface area contributed by atoms with E-state index in [9.17, 15) is 9.59 Å². The maximum atomic E-state index is 12.6. The molecule has 0 radical (unpaired) electrons. The molecule has 5 nitrogen and oxygen atoms in total. The van der Waals surface area contributed by atoms with Gasteiger partial charge >= 0.3 is 5.97 Å². The quantitative estimate of drug-likeness (QED) is 0.785. The van der Waals surface area contributed by atoms with E-state index < -0.39 is 0 Å². The molecule has 0 saturated heterocycles. The highest BCUT2D eigenvalue weighted by Crippen LogP contribution is 2.29. The minimum absolute atomic E-state index is 0.00839.